The lowest BCUT2D eigenvalue weighted by atomic mass is 9.58. The number of aromatic nitrogens is 1. The molecule has 10 aromatic rings. The molecular formula is C54H47BN2S2. The van der Waals surface area contributed by atoms with Crippen molar-refractivity contribution in [3.63, 3.8) is 0 Å². The van der Waals surface area contributed by atoms with Crippen LogP contribution in [0.5, 0.6) is 0 Å². The van der Waals surface area contributed by atoms with Crippen molar-refractivity contribution in [2.45, 2.75) is 77.6 Å². The lowest BCUT2D eigenvalue weighted by Gasteiger charge is -2.42. The van der Waals surface area contributed by atoms with Gasteiger partial charge >= 0.3 is 0 Å². The van der Waals surface area contributed by atoms with E-state index in [0.717, 1.165) is 13.0 Å². The average Bonchev–Trinajstić information content (AvgIpc) is 3.87. The van der Waals surface area contributed by atoms with Gasteiger partial charge in [-0.1, -0.05) is 115 Å². The van der Waals surface area contributed by atoms with Gasteiger partial charge in [0, 0.05) is 79.3 Å². The Balaban J connectivity index is 1.16. The van der Waals surface area contributed by atoms with Gasteiger partial charge in [-0.05, 0) is 117 Å². The fraction of sp³-hybridized carbons (Fsp3) is 0.222. The second-order valence-electron chi connectivity index (χ2n) is 19.7. The van der Waals surface area contributed by atoms with E-state index < -0.39 is 0 Å². The van der Waals surface area contributed by atoms with Crippen LogP contribution in [0.4, 0.5) is 11.4 Å². The third-order valence-corrected chi connectivity index (χ3v) is 16.3. The standard InChI is InChI=1S/C54H47BN2S2/c1-52(2,3)30-16-18-31(19-17-30)56-43-27-41-40(53(4,5)22-23-54(41,6)7)25-36(43)34-20-21-35-37-24-38-32-12-8-10-14-46(32)59-49(38)29-44(37)57-45-26-39-33-13-9-11-15-47(33)58-48(39)28-42(45)55-50(34)51(35)57/h8-21,24-29,55-56H,22-23H2,1-7H3. The molecule has 288 valence electrons. The first-order chi connectivity index (χ1) is 28.3. The Bertz CT molecular complexity index is 3420. The summed E-state index contributed by atoms with van der Waals surface area (Å²) in [6, 6.07) is 46.9. The van der Waals surface area contributed by atoms with E-state index in [9.17, 15) is 0 Å². The van der Waals surface area contributed by atoms with E-state index in [-0.39, 0.29) is 16.2 Å². The number of hydrogen-bond acceptors (Lipinski definition) is 3. The Hall–Kier alpha value is -5.36. The fourth-order valence-electron chi connectivity index (χ4n) is 10.6. The van der Waals surface area contributed by atoms with Gasteiger partial charge < -0.3 is 9.88 Å². The molecule has 0 atom stereocenters. The molecule has 1 aliphatic heterocycles. The molecule has 59 heavy (non-hydrogen) atoms. The van der Waals surface area contributed by atoms with Crippen molar-refractivity contribution in [3.8, 4) is 16.8 Å². The zero-order chi connectivity index (χ0) is 40.2. The number of rotatable bonds is 3. The van der Waals surface area contributed by atoms with Crippen molar-refractivity contribution >= 4 is 114 Å². The quantitative estimate of drug-likeness (QED) is 0.176. The molecule has 12 rings (SSSR count). The highest BCUT2D eigenvalue weighted by Crippen LogP contribution is 2.50. The van der Waals surface area contributed by atoms with E-state index in [4.69, 9.17) is 0 Å². The smallest absolute Gasteiger partial charge is 0.198 e. The molecular weight excluding hydrogens is 752 g/mol. The Labute approximate surface area is 354 Å². The van der Waals surface area contributed by atoms with Gasteiger partial charge in [0.15, 0.2) is 7.28 Å². The van der Waals surface area contributed by atoms with Crippen LogP contribution in [0.2, 0.25) is 0 Å². The first kappa shape index (κ1) is 35.6. The van der Waals surface area contributed by atoms with Gasteiger partial charge in [-0.15, -0.1) is 22.7 Å². The van der Waals surface area contributed by atoms with Gasteiger partial charge in [0.1, 0.15) is 0 Å². The monoisotopic (exact) mass is 798 g/mol. The van der Waals surface area contributed by atoms with Crippen molar-refractivity contribution in [2.75, 3.05) is 5.32 Å². The van der Waals surface area contributed by atoms with E-state index in [1.807, 2.05) is 22.7 Å². The molecule has 0 saturated heterocycles. The summed E-state index contributed by atoms with van der Waals surface area (Å²) >= 11 is 3.83. The number of nitrogens with zero attached hydrogens (tertiary/aromatic N) is 1. The molecule has 0 saturated carbocycles. The summed E-state index contributed by atoms with van der Waals surface area (Å²) < 4.78 is 8.05. The van der Waals surface area contributed by atoms with Gasteiger partial charge in [-0.3, -0.25) is 0 Å². The Morgan fingerprint density at radius 3 is 1.88 bits per heavy atom. The minimum Gasteiger partial charge on any atom is -0.355 e. The minimum absolute atomic E-state index is 0.0800. The van der Waals surface area contributed by atoms with Gasteiger partial charge in [-0.2, -0.15) is 0 Å². The molecule has 1 aliphatic carbocycles. The van der Waals surface area contributed by atoms with E-state index in [1.165, 1.54) is 125 Å². The lowest BCUT2D eigenvalue weighted by Crippen LogP contribution is -2.37. The third-order valence-electron chi connectivity index (χ3n) is 14.0. The Morgan fingerprint density at radius 1 is 0.576 bits per heavy atom. The molecule has 2 aliphatic rings. The largest absolute Gasteiger partial charge is 0.355 e. The normalized spacial score (nSPS) is 15.6. The topological polar surface area (TPSA) is 17.0 Å². The molecule has 0 amide bonds. The van der Waals surface area contributed by atoms with Crippen LogP contribution >= 0.6 is 22.7 Å². The zero-order valence-electron chi connectivity index (χ0n) is 34.9. The summed E-state index contributed by atoms with van der Waals surface area (Å²) in [5.74, 6) is 0. The zero-order valence-corrected chi connectivity index (χ0v) is 36.6. The number of anilines is 2. The maximum Gasteiger partial charge on any atom is 0.198 e. The first-order valence-corrected chi connectivity index (χ1v) is 22.9. The second kappa shape index (κ2) is 12.1. The molecule has 4 heterocycles. The Kier molecular flexibility index (Phi) is 7.31. The number of thiophene rings is 2. The van der Waals surface area contributed by atoms with Crippen LogP contribution in [0.3, 0.4) is 0 Å². The van der Waals surface area contributed by atoms with Crippen molar-refractivity contribution in [3.05, 3.63) is 138 Å². The van der Waals surface area contributed by atoms with E-state index >= 15 is 0 Å². The van der Waals surface area contributed by atoms with Crippen LogP contribution < -0.4 is 16.2 Å². The summed E-state index contributed by atoms with van der Waals surface area (Å²) in [6.07, 6.45) is 2.36. The molecule has 5 heteroatoms. The number of nitrogens with one attached hydrogen (secondary N) is 1. The van der Waals surface area contributed by atoms with Crippen LogP contribution in [0, 0.1) is 0 Å². The van der Waals surface area contributed by atoms with Crippen LogP contribution in [-0.4, -0.2) is 11.8 Å². The van der Waals surface area contributed by atoms with Crippen molar-refractivity contribution in [1.29, 1.82) is 0 Å². The van der Waals surface area contributed by atoms with Gasteiger partial charge in [-0.25, -0.2) is 0 Å². The summed E-state index contributed by atoms with van der Waals surface area (Å²) in [7, 11) is 0.880. The van der Waals surface area contributed by atoms with Crippen LogP contribution in [0.15, 0.2) is 121 Å². The average molecular weight is 799 g/mol. The van der Waals surface area contributed by atoms with Crippen molar-refractivity contribution in [1.82, 2.24) is 4.57 Å². The van der Waals surface area contributed by atoms with Gasteiger partial charge in [0.2, 0.25) is 0 Å². The van der Waals surface area contributed by atoms with E-state index in [0.29, 0.717) is 0 Å². The van der Waals surface area contributed by atoms with Gasteiger partial charge in [0.25, 0.3) is 0 Å². The lowest BCUT2D eigenvalue weighted by molar-refractivity contribution is 0.332. The summed E-state index contributed by atoms with van der Waals surface area (Å²) in [5.41, 5.74) is 16.3. The first-order valence-electron chi connectivity index (χ1n) is 21.3. The molecule has 0 radical (unpaired) electrons. The molecule has 1 N–H and O–H groups in total. The molecule has 0 unspecified atom stereocenters. The van der Waals surface area contributed by atoms with E-state index in [1.54, 1.807) is 0 Å². The second-order valence-corrected chi connectivity index (χ2v) is 21.9. The van der Waals surface area contributed by atoms with Crippen LogP contribution in [-0.2, 0) is 16.2 Å². The number of fused-ring (bicyclic) bond motifs is 12. The Morgan fingerprint density at radius 2 is 1.20 bits per heavy atom. The SMILES string of the molecule is CC(C)(C)c1ccc(Nc2cc3c(cc2-c2ccc4c5cc6c(cc5n5c4c2Bc2cc4sc7ccccc7c4cc2-5)sc2ccccc26)C(C)(C)CCC3(C)C)cc1. The number of hydrogen-bond donors (Lipinski definition) is 1. The maximum atomic E-state index is 4.01. The summed E-state index contributed by atoms with van der Waals surface area (Å²) in [5, 5.41) is 12.1. The maximum absolute atomic E-state index is 4.01. The molecule has 2 nitrogen and oxygen atoms in total. The summed E-state index contributed by atoms with van der Waals surface area (Å²) in [6.45, 7) is 16.7. The highest BCUT2D eigenvalue weighted by atomic mass is 32.1. The highest BCUT2D eigenvalue weighted by molar-refractivity contribution is 7.26. The van der Waals surface area contributed by atoms with E-state index in [2.05, 4.69) is 180 Å². The fourth-order valence-corrected chi connectivity index (χ4v) is 12.8. The number of benzene rings is 7. The molecule has 0 fully saturated rings. The molecule has 7 aromatic carbocycles. The minimum atomic E-state index is 0.0800. The van der Waals surface area contributed by atoms with Gasteiger partial charge in [0.05, 0.1) is 5.52 Å². The predicted octanol–water partition coefficient (Wildman–Crippen LogP) is 14.3. The molecule has 3 aromatic heterocycles. The van der Waals surface area contributed by atoms with Crippen LogP contribution in [0.1, 0.15) is 78.0 Å². The molecule has 0 spiro atoms. The summed E-state index contributed by atoms with van der Waals surface area (Å²) in [4.78, 5) is 0. The van der Waals surface area contributed by atoms with Crippen molar-refractivity contribution < 1.29 is 0 Å². The van der Waals surface area contributed by atoms with Crippen molar-refractivity contribution in [2.24, 2.45) is 0 Å². The van der Waals surface area contributed by atoms with Crippen LogP contribution in [0.25, 0.3) is 79.0 Å². The predicted molar refractivity (Wildman–Crippen MR) is 262 cm³/mol. The highest BCUT2D eigenvalue weighted by Gasteiger charge is 2.38. The molecule has 0 bridgehead atoms. The third kappa shape index (κ3) is 5.23.